The van der Waals surface area contributed by atoms with Crippen molar-refractivity contribution >= 4 is 35.0 Å². The van der Waals surface area contributed by atoms with Gasteiger partial charge in [-0.05, 0) is 49.2 Å². The zero-order valence-electron chi connectivity index (χ0n) is 19.2. The third-order valence-electron chi connectivity index (χ3n) is 5.36. The molecule has 35 heavy (non-hydrogen) atoms. The molecule has 0 aliphatic heterocycles. The highest BCUT2D eigenvalue weighted by atomic mass is 32.2. The van der Waals surface area contributed by atoms with Crippen molar-refractivity contribution in [3.63, 3.8) is 0 Å². The number of aromatic nitrogens is 3. The van der Waals surface area contributed by atoms with Gasteiger partial charge in [-0.25, -0.2) is 0 Å². The Bertz CT molecular complexity index is 1440. The van der Waals surface area contributed by atoms with E-state index in [-0.39, 0.29) is 28.4 Å². The van der Waals surface area contributed by atoms with Crippen LogP contribution in [0, 0.1) is 13.8 Å². The molecule has 9 heteroatoms. The fraction of sp³-hybridized carbons (Fsp3) is 0.115. The maximum Gasteiger partial charge on any atom is 0.278 e. The molecule has 1 aromatic heterocycles. The van der Waals surface area contributed by atoms with Crippen LogP contribution in [0.5, 0.6) is 0 Å². The van der Waals surface area contributed by atoms with E-state index in [1.807, 2.05) is 38.1 Å². The molecule has 176 valence electrons. The quantitative estimate of drug-likeness (QED) is 0.334. The third kappa shape index (κ3) is 5.82. The number of benzene rings is 3. The highest BCUT2D eigenvalue weighted by Gasteiger charge is 2.15. The van der Waals surface area contributed by atoms with Crippen molar-refractivity contribution in [1.82, 2.24) is 15.2 Å². The summed E-state index contributed by atoms with van der Waals surface area (Å²) < 4.78 is 0. The number of hydrogen-bond acceptors (Lipinski definition) is 6. The summed E-state index contributed by atoms with van der Waals surface area (Å²) in [4.78, 5) is 40.4. The zero-order valence-corrected chi connectivity index (χ0v) is 20.0. The molecular weight excluding hydrogens is 462 g/mol. The summed E-state index contributed by atoms with van der Waals surface area (Å²) >= 11 is 1.08. The van der Waals surface area contributed by atoms with Gasteiger partial charge in [-0.15, -0.1) is 10.2 Å². The molecule has 0 bridgehead atoms. The first kappa shape index (κ1) is 23.9. The molecule has 4 rings (SSSR count). The van der Waals surface area contributed by atoms with Gasteiger partial charge in [0, 0.05) is 16.8 Å². The third-order valence-corrected chi connectivity index (χ3v) is 6.23. The van der Waals surface area contributed by atoms with Crippen LogP contribution in [0.25, 0.3) is 11.3 Å². The van der Waals surface area contributed by atoms with Crippen LogP contribution in [-0.4, -0.2) is 32.7 Å². The topological polar surface area (TPSA) is 117 Å². The highest BCUT2D eigenvalue weighted by Crippen LogP contribution is 2.25. The molecule has 0 saturated heterocycles. The number of thioether (sulfide) groups is 1. The minimum Gasteiger partial charge on any atom is -0.325 e. The van der Waals surface area contributed by atoms with Crippen molar-refractivity contribution < 1.29 is 9.59 Å². The number of amides is 2. The van der Waals surface area contributed by atoms with Gasteiger partial charge in [-0.1, -0.05) is 60.3 Å². The van der Waals surface area contributed by atoms with Crippen molar-refractivity contribution in [2.45, 2.75) is 19.0 Å². The fourth-order valence-corrected chi connectivity index (χ4v) is 3.96. The van der Waals surface area contributed by atoms with Gasteiger partial charge in [-0.2, -0.15) is 0 Å². The second-order valence-corrected chi connectivity index (χ2v) is 8.72. The lowest BCUT2D eigenvalue weighted by molar-refractivity contribution is -0.113. The van der Waals surface area contributed by atoms with Crippen molar-refractivity contribution in [1.29, 1.82) is 0 Å². The van der Waals surface area contributed by atoms with Crippen molar-refractivity contribution in [3.05, 3.63) is 99.8 Å². The molecule has 0 saturated carbocycles. The number of aromatic amines is 1. The first-order valence-corrected chi connectivity index (χ1v) is 11.8. The standard InChI is InChI=1S/C26H23N5O3S/c1-16-9-8-14-20(17(16)2)27-22(32)15-35-26-29-25(34)23(30-31-26)19-12-6-7-13-21(19)28-24(33)18-10-4-3-5-11-18/h3-14H,15H2,1-2H3,(H,27,32)(H,28,33)(H,29,31,34). The van der Waals surface area contributed by atoms with Crippen molar-refractivity contribution in [3.8, 4) is 11.3 Å². The number of para-hydroxylation sites is 1. The first-order valence-electron chi connectivity index (χ1n) is 10.8. The average molecular weight is 486 g/mol. The Kier molecular flexibility index (Phi) is 7.37. The van der Waals surface area contributed by atoms with E-state index in [1.54, 1.807) is 48.5 Å². The molecule has 4 aromatic rings. The van der Waals surface area contributed by atoms with Gasteiger partial charge in [0.2, 0.25) is 5.91 Å². The van der Waals surface area contributed by atoms with Gasteiger partial charge in [0.15, 0.2) is 10.9 Å². The SMILES string of the molecule is Cc1cccc(NC(=O)CSc2nnc(-c3ccccc3NC(=O)c3ccccc3)c(=O)[nH]2)c1C. The number of nitrogens with one attached hydrogen (secondary N) is 3. The van der Waals surface area contributed by atoms with Crippen LogP contribution in [0.1, 0.15) is 21.5 Å². The van der Waals surface area contributed by atoms with Crippen LogP contribution in [0.4, 0.5) is 11.4 Å². The highest BCUT2D eigenvalue weighted by molar-refractivity contribution is 7.99. The Balaban J connectivity index is 1.46. The normalized spacial score (nSPS) is 10.6. The summed E-state index contributed by atoms with van der Waals surface area (Å²) in [6, 6.07) is 21.4. The first-order chi connectivity index (χ1) is 16.9. The molecule has 3 aromatic carbocycles. The molecule has 0 aliphatic rings. The average Bonchev–Trinajstić information content (AvgIpc) is 2.87. The van der Waals surface area contributed by atoms with Crippen LogP contribution in [0.2, 0.25) is 0 Å². The molecule has 3 N–H and O–H groups in total. The Labute approximate surface area is 206 Å². The second-order valence-electron chi connectivity index (χ2n) is 7.76. The van der Waals surface area contributed by atoms with E-state index in [1.165, 1.54) is 0 Å². The monoisotopic (exact) mass is 485 g/mol. The summed E-state index contributed by atoms with van der Waals surface area (Å²) in [5.74, 6) is -0.463. The number of rotatable bonds is 7. The van der Waals surface area contributed by atoms with Gasteiger partial charge in [0.25, 0.3) is 11.5 Å². The van der Waals surface area contributed by atoms with E-state index in [2.05, 4.69) is 25.8 Å². The molecule has 0 unspecified atom stereocenters. The minimum atomic E-state index is -0.473. The molecule has 0 spiro atoms. The number of carbonyl (C=O) groups is 2. The Morgan fingerprint density at radius 2 is 1.57 bits per heavy atom. The summed E-state index contributed by atoms with van der Waals surface area (Å²) in [5, 5.41) is 14.1. The molecule has 0 aliphatic carbocycles. The van der Waals surface area contributed by atoms with Gasteiger partial charge < -0.3 is 10.6 Å². The second kappa shape index (κ2) is 10.8. The van der Waals surface area contributed by atoms with Crippen LogP contribution in [0.3, 0.4) is 0 Å². The number of carbonyl (C=O) groups excluding carboxylic acids is 2. The summed E-state index contributed by atoms with van der Waals surface area (Å²) in [6.45, 7) is 3.92. The predicted molar refractivity (Wildman–Crippen MR) is 138 cm³/mol. The number of aryl methyl sites for hydroxylation is 1. The van der Waals surface area contributed by atoms with E-state index >= 15 is 0 Å². The van der Waals surface area contributed by atoms with Gasteiger partial charge >= 0.3 is 0 Å². The van der Waals surface area contributed by atoms with E-state index < -0.39 is 5.56 Å². The van der Waals surface area contributed by atoms with E-state index in [0.717, 1.165) is 28.6 Å². The molecule has 0 atom stereocenters. The number of nitrogens with zero attached hydrogens (tertiary/aromatic N) is 2. The lowest BCUT2D eigenvalue weighted by Crippen LogP contribution is -2.18. The predicted octanol–water partition coefficient (Wildman–Crippen LogP) is 4.43. The smallest absolute Gasteiger partial charge is 0.278 e. The zero-order chi connectivity index (χ0) is 24.8. The largest absolute Gasteiger partial charge is 0.325 e. The lowest BCUT2D eigenvalue weighted by Gasteiger charge is -2.11. The maximum absolute atomic E-state index is 12.8. The number of H-pyrrole nitrogens is 1. The van der Waals surface area contributed by atoms with E-state index in [4.69, 9.17) is 0 Å². The van der Waals surface area contributed by atoms with Crippen LogP contribution < -0.4 is 16.2 Å². The fourth-order valence-electron chi connectivity index (χ4n) is 3.35. The van der Waals surface area contributed by atoms with Crippen LogP contribution in [0.15, 0.2) is 82.7 Å². The molecule has 1 heterocycles. The van der Waals surface area contributed by atoms with Crippen LogP contribution in [-0.2, 0) is 4.79 Å². The summed E-state index contributed by atoms with van der Waals surface area (Å²) in [5.41, 5.74) is 3.80. The molecule has 0 radical (unpaired) electrons. The lowest BCUT2D eigenvalue weighted by atomic mass is 10.1. The Morgan fingerprint density at radius 3 is 2.34 bits per heavy atom. The van der Waals surface area contributed by atoms with E-state index in [0.29, 0.717) is 16.8 Å². The minimum absolute atomic E-state index is 0.0566. The van der Waals surface area contributed by atoms with Gasteiger partial charge in [0.1, 0.15) is 0 Å². The summed E-state index contributed by atoms with van der Waals surface area (Å²) in [7, 11) is 0. The molecular formula is C26H23N5O3S. The van der Waals surface area contributed by atoms with Crippen LogP contribution >= 0.6 is 11.8 Å². The van der Waals surface area contributed by atoms with Gasteiger partial charge in [-0.3, -0.25) is 19.4 Å². The number of anilines is 2. The molecule has 2 amide bonds. The molecule has 8 nitrogen and oxygen atoms in total. The Morgan fingerprint density at radius 1 is 0.857 bits per heavy atom. The van der Waals surface area contributed by atoms with Crippen molar-refractivity contribution in [2.24, 2.45) is 0 Å². The van der Waals surface area contributed by atoms with Crippen molar-refractivity contribution in [2.75, 3.05) is 16.4 Å². The van der Waals surface area contributed by atoms with Gasteiger partial charge in [0.05, 0.1) is 11.4 Å². The Hall–Kier alpha value is -4.24. The maximum atomic E-state index is 12.8. The number of hydrogen-bond donors (Lipinski definition) is 3. The molecule has 0 fully saturated rings. The summed E-state index contributed by atoms with van der Waals surface area (Å²) in [6.07, 6.45) is 0. The van der Waals surface area contributed by atoms with E-state index in [9.17, 15) is 14.4 Å².